The summed E-state index contributed by atoms with van der Waals surface area (Å²) in [5, 5.41) is -4.34. The Labute approximate surface area is 199 Å². The summed E-state index contributed by atoms with van der Waals surface area (Å²) >= 11 is 0. The van der Waals surface area contributed by atoms with E-state index in [4.69, 9.17) is 0 Å². The summed E-state index contributed by atoms with van der Waals surface area (Å²) in [6, 6.07) is 2.82. The molecule has 0 radical (unpaired) electrons. The summed E-state index contributed by atoms with van der Waals surface area (Å²) < 4.78 is 162. The molecule has 0 bridgehead atoms. The maximum Gasteiger partial charge on any atom is 0.169 e. The molecule has 188 valence electrons. The molecule has 0 saturated carbocycles. The third kappa shape index (κ3) is 3.44. The van der Waals surface area contributed by atoms with Gasteiger partial charge in [0.15, 0.2) is 46.5 Å². The average molecular weight is 528 g/mol. The molecule has 0 fully saturated rings. The molecule has 0 amide bonds. The highest BCUT2D eigenvalue weighted by Gasteiger charge is 2.32. The first-order valence-electron chi connectivity index (χ1n) is 10.1. The van der Waals surface area contributed by atoms with E-state index in [2.05, 4.69) is 0 Å². The third-order valence-electron chi connectivity index (χ3n) is 5.86. The van der Waals surface area contributed by atoms with Crippen molar-refractivity contribution in [2.75, 3.05) is 0 Å². The Kier molecular flexibility index (Phi) is 5.61. The number of fused-ring (bicyclic) bond motifs is 2. The third-order valence-corrected chi connectivity index (χ3v) is 5.86. The molecule has 0 atom stereocenters. The fourth-order valence-corrected chi connectivity index (χ4v) is 4.38. The van der Waals surface area contributed by atoms with E-state index in [0.29, 0.717) is 18.2 Å². The van der Waals surface area contributed by atoms with Crippen LogP contribution in [-0.2, 0) is 0 Å². The quantitative estimate of drug-likeness (QED) is 0.122. The summed E-state index contributed by atoms with van der Waals surface area (Å²) in [5.41, 5.74) is -5.59. The molecule has 0 heterocycles. The van der Waals surface area contributed by atoms with Crippen LogP contribution in [0.5, 0.6) is 0 Å². The number of halogens is 11. The van der Waals surface area contributed by atoms with Crippen LogP contribution in [-0.4, -0.2) is 0 Å². The molecule has 5 aromatic rings. The second-order valence-corrected chi connectivity index (χ2v) is 7.88. The minimum atomic E-state index is -2.12. The van der Waals surface area contributed by atoms with Crippen LogP contribution in [0.3, 0.4) is 0 Å². The highest BCUT2D eigenvalue weighted by Crippen LogP contribution is 2.49. The Morgan fingerprint density at radius 1 is 0.324 bits per heavy atom. The van der Waals surface area contributed by atoms with E-state index < -0.39 is 108 Å². The predicted octanol–water partition coefficient (Wildman–Crippen LogP) is 8.86. The van der Waals surface area contributed by atoms with Crippen molar-refractivity contribution in [1.82, 2.24) is 0 Å². The van der Waals surface area contributed by atoms with E-state index in [1.165, 1.54) is 0 Å². The van der Waals surface area contributed by atoms with Crippen LogP contribution in [0.4, 0.5) is 48.3 Å². The number of rotatable bonds is 2. The molecule has 0 aliphatic rings. The van der Waals surface area contributed by atoms with Gasteiger partial charge < -0.3 is 0 Å². The molecular formula is C26H7F11. The van der Waals surface area contributed by atoms with Crippen LogP contribution in [0.2, 0.25) is 0 Å². The molecule has 0 aromatic heterocycles. The molecule has 0 unspecified atom stereocenters. The van der Waals surface area contributed by atoms with E-state index in [9.17, 15) is 35.1 Å². The Bertz CT molecular complexity index is 1740. The van der Waals surface area contributed by atoms with Gasteiger partial charge in [-0.3, -0.25) is 0 Å². The molecule has 0 N–H and O–H groups in total. The number of benzene rings is 5. The van der Waals surface area contributed by atoms with Crippen molar-refractivity contribution >= 4 is 21.5 Å². The molecule has 0 spiro atoms. The van der Waals surface area contributed by atoms with Gasteiger partial charge in [0.05, 0.1) is 11.1 Å². The zero-order chi connectivity index (χ0) is 26.9. The van der Waals surface area contributed by atoms with Crippen molar-refractivity contribution in [3.63, 3.8) is 0 Å². The molecule has 0 nitrogen and oxygen atoms in total. The van der Waals surface area contributed by atoms with Gasteiger partial charge in [0.1, 0.15) is 17.5 Å². The number of hydrogen-bond acceptors (Lipinski definition) is 0. The Balaban J connectivity index is 2.20. The fraction of sp³-hybridized carbons (Fsp3) is 0. The van der Waals surface area contributed by atoms with Crippen molar-refractivity contribution in [3.05, 3.63) is 106 Å². The SMILES string of the molecule is Fc1cc(F)c(F)c(-c2c3cccc(F)c3c(-c3c(F)c(F)cc(F)c3F)c3c(F)ccc(F)c23)c1F. The van der Waals surface area contributed by atoms with E-state index in [1.54, 1.807) is 0 Å². The molecule has 0 aliphatic carbocycles. The average Bonchev–Trinajstić information content (AvgIpc) is 2.84. The summed E-state index contributed by atoms with van der Waals surface area (Å²) in [6.07, 6.45) is 0. The van der Waals surface area contributed by atoms with Crippen LogP contribution < -0.4 is 0 Å². The van der Waals surface area contributed by atoms with Gasteiger partial charge in [-0.1, -0.05) is 12.1 Å². The highest BCUT2D eigenvalue weighted by atomic mass is 19.2. The zero-order valence-electron chi connectivity index (χ0n) is 17.7. The lowest BCUT2D eigenvalue weighted by Crippen LogP contribution is -2.05. The van der Waals surface area contributed by atoms with E-state index in [0.717, 1.165) is 12.1 Å². The maximum absolute atomic E-state index is 15.2. The molecule has 0 saturated heterocycles. The first-order chi connectivity index (χ1) is 17.5. The lowest BCUT2D eigenvalue weighted by Gasteiger charge is -2.20. The standard InChI is InChI=1S/C26H7F11/c27-9-3-1-2-8-16(9)20(22-25(36)14(32)7-15(33)26(22)37)19-11(29)5-4-10(28)18(19)17(8)21-23(34)12(30)6-13(31)24(21)35/h1-7H. The summed E-state index contributed by atoms with van der Waals surface area (Å²) in [7, 11) is 0. The van der Waals surface area contributed by atoms with Crippen molar-refractivity contribution < 1.29 is 48.3 Å². The van der Waals surface area contributed by atoms with Crippen LogP contribution in [0.15, 0.2) is 42.5 Å². The Hall–Kier alpha value is -4.15. The van der Waals surface area contributed by atoms with Crippen LogP contribution in [0, 0.1) is 64.0 Å². The number of hydrogen-bond donors (Lipinski definition) is 0. The summed E-state index contributed by atoms with van der Waals surface area (Å²) in [4.78, 5) is 0. The van der Waals surface area contributed by atoms with Gasteiger partial charge in [0.25, 0.3) is 0 Å². The van der Waals surface area contributed by atoms with Crippen LogP contribution in [0.1, 0.15) is 0 Å². The molecule has 11 heteroatoms. The molecule has 0 aliphatic heterocycles. The van der Waals surface area contributed by atoms with Gasteiger partial charge in [-0.25, -0.2) is 48.3 Å². The van der Waals surface area contributed by atoms with Gasteiger partial charge in [-0.05, 0) is 23.6 Å². The van der Waals surface area contributed by atoms with Crippen LogP contribution >= 0.6 is 0 Å². The monoisotopic (exact) mass is 528 g/mol. The van der Waals surface area contributed by atoms with Gasteiger partial charge in [-0.15, -0.1) is 0 Å². The van der Waals surface area contributed by atoms with Crippen molar-refractivity contribution in [3.8, 4) is 22.3 Å². The van der Waals surface area contributed by atoms with Gasteiger partial charge in [0.2, 0.25) is 0 Å². The molecule has 5 rings (SSSR count). The van der Waals surface area contributed by atoms with E-state index in [1.807, 2.05) is 0 Å². The summed E-state index contributed by atoms with van der Waals surface area (Å²) in [5.74, 6) is -20.8. The normalized spacial score (nSPS) is 11.6. The Morgan fingerprint density at radius 3 is 1.16 bits per heavy atom. The molecule has 5 aromatic carbocycles. The van der Waals surface area contributed by atoms with Crippen molar-refractivity contribution in [2.24, 2.45) is 0 Å². The largest absolute Gasteiger partial charge is 0.206 e. The lowest BCUT2D eigenvalue weighted by molar-refractivity contribution is 0.458. The summed E-state index contributed by atoms with van der Waals surface area (Å²) in [6.45, 7) is 0. The minimum Gasteiger partial charge on any atom is -0.206 e. The van der Waals surface area contributed by atoms with E-state index in [-0.39, 0.29) is 12.1 Å². The van der Waals surface area contributed by atoms with Crippen LogP contribution in [0.25, 0.3) is 43.8 Å². The smallest absolute Gasteiger partial charge is 0.169 e. The van der Waals surface area contributed by atoms with Gasteiger partial charge in [-0.2, -0.15) is 0 Å². The lowest BCUT2D eigenvalue weighted by atomic mass is 9.84. The zero-order valence-corrected chi connectivity index (χ0v) is 17.7. The van der Waals surface area contributed by atoms with Gasteiger partial charge in [0, 0.05) is 39.4 Å². The first kappa shape index (κ1) is 24.5. The highest BCUT2D eigenvalue weighted by molar-refractivity contribution is 6.22. The minimum absolute atomic E-state index is 0.162. The predicted molar refractivity (Wildman–Crippen MR) is 112 cm³/mol. The molecular weight excluding hydrogens is 521 g/mol. The Morgan fingerprint density at radius 2 is 0.703 bits per heavy atom. The first-order valence-corrected chi connectivity index (χ1v) is 10.1. The van der Waals surface area contributed by atoms with Gasteiger partial charge >= 0.3 is 0 Å². The second-order valence-electron chi connectivity index (χ2n) is 7.88. The molecule has 37 heavy (non-hydrogen) atoms. The van der Waals surface area contributed by atoms with Crippen molar-refractivity contribution in [2.45, 2.75) is 0 Å². The topological polar surface area (TPSA) is 0 Å². The van der Waals surface area contributed by atoms with E-state index >= 15 is 13.2 Å². The van der Waals surface area contributed by atoms with Crippen molar-refractivity contribution in [1.29, 1.82) is 0 Å². The fourth-order valence-electron chi connectivity index (χ4n) is 4.38. The maximum atomic E-state index is 15.2. The second kappa shape index (κ2) is 8.46.